The molecular weight excluding hydrogens is 361 g/mol. The fourth-order valence-electron chi connectivity index (χ4n) is 3.22. The largest absolute Gasteiger partial charge is 0.368 e. The lowest BCUT2D eigenvalue weighted by Crippen LogP contribution is -2.49. The highest BCUT2D eigenvalue weighted by atomic mass is 32.2. The number of nitrogens with zero attached hydrogens (tertiary/aromatic N) is 3. The molecule has 138 valence electrons. The van der Waals surface area contributed by atoms with Crippen LogP contribution in [0.5, 0.6) is 0 Å². The van der Waals surface area contributed by atoms with Gasteiger partial charge in [-0.2, -0.15) is 0 Å². The van der Waals surface area contributed by atoms with Crippen LogP contribution in [0.15, 0.2) is 65.7 Å². The van der Waals surface area contributed by atoms with Crippen molar-refractivity contribution in [2.24, 2.45) is 0 Å². The zero-order valence-corrected chi connectivity index (χ0v) is 15.7. The number of anilines is 1. The van der Waals surface area contributed by atoms with E-state index in [2.05, 4.69) is 9.88 Å². The molecule has 1 aromatic heterocycles. The molecule has 0 saturated carbocycles. The summed E-state index contributed by atoms with van der Waals surface area (Å²) in [4.78, 5) is 21.2. The number of aromatic nitrogens is 1. The number of fused-ring (bicyclic) bond motifs is 1. The maximum atomic E-state index is 13.1. The predicted octanol–water partition coefficient (Wildman–Crippen LogP) is 3.81. The summed E-state index contributed by atoms with van der Waals surface area (Å²) in [5, 5.41) is 1.97. The standard InChI is InChI=1S/C21H20FN3OS/c22-17-6-8-18(9-7-17)24-11-13-25(14-12-24)21(26)15-27-20-10-5-16-3-1-2-4-19(16)23-20/h1-10H,11-15H2. The van der Waals surface area contributed by atoms with Gasteiger partial charge in [0.15, 0.2) is 0 Å². The number of pyridine rings is 1. The molecule has 1 amide bonds. The van der Waals surface area contributed by atoms with Gasteiger partial charge in [-0.25, -0.2) is 9.37 Å². The number of hydrogen-bond donors (Lipinski definition) is 0. The first-order chi connectivity index (χ1) is 13.2. The van der Waals surface area contributed by atoms with Gasteiger partial charge in [-0.1, -0.05) is 36.0 Å². The van der Waals surface area contributed by atoms with Crippen molar-refractivity contribution in [3.63, 3.8) is 0 Å². The van der Waals surface area contributed by atoms with Gasteiger partial charge in [0.05, 0.1) is 16.3 Å². The highest BCUT2D eigenvalue weighted by Crippen LogP contribution is 2.21. The summed E-state index contributed by atoms with van der Waals surface area (Å²) in [6, 6.07) is 18.5. The molecule has 1 fully saturated rings. The zero-order valence-electron chi connectivity index (χ0n) is 14.8. The summed E-state index contributed by atoms with van der Waals surface area (Å²) in [5.74, 6) is 0.294. The monoisotopic (exact) mass is 381 g/mol. The molecule has 2 aromatic carbocycles. The van der Waals surface area contributed by atoms with E-state index in [1.807, 2.05) is 41.3 Å². The molecule has 0 atom stereocenters. The van der Waals surface area contributed by atoms with Crippen molar-refractivity contribution in [1.82, 2.24) is 9.88 Å². The minimum Gasteiger partial charge on any atom is -0.368 e. The van der Waals surface area contributed by atoms with E-state index in [1.165, 1.54) is 23.9 Å². The molecule has 0 unspecified atom stereocenters. The van der Waals surface area contributed by atoms with Crippen LogP contribution in [0.1, 0.15) is 0 Å². The topological polar surface area (TPSA) is 36.4 Å². The number of rotatable bonds is 4. The molecular formula is C21H20FN3OS. The van der Waals surface area contributed by atoms with Crippen molar-refractivity contribution in [3.8, 4) is 0 Å². The number of benzene rings is 2. The maximum absolute atomic E-state index is 13.1. The third kappa shape index (κ3) is 4.22. The number of halogens is 1. The van der Waals surface area contributed by atoms with Crippen LogP contribution >= 0.6 is 11.8 Å². The van der Waals surface area contributed by atoms with E-state index < -0.39 is 0 Å². The Balaban J connectivity index is 1.30. The summed E-state index contributed by atoms with van der Waals surface area (Å²) >= 11 is 1.48. The number of para-hydroxylation sites is 1. The molecule has 0 radical (unpaired) electrons. The Morgan fingerprint density at radius 1 is 0.963 bits per heavy atom. The average molecular weight is 381 g/mol. The second-order valence-electron chi connectivity index (χ2n) is 6.48. The lowest BCUT2D eigenvalue weighted by Gasteiger charge is -2.36. The lowest BCUT2D eigenvalue weighted by atomic mass is 10.2. The molecule has 1 saturated heterocycles. The van der Waals surface area contributed by atoms with E-state index in [1.54, 1.807) is 12.1 Å². The molecule has 0 aliphatic carbocycles. The van der Waals surface area contributed by atoms with Crippen LogP contribution in [-0.4, -0.2) is 47.7 Å². The maximum Gasteiger partial charge on any atom is 0.233 e. The van der Waals surface area contributed by atoms with Gasteiger partial charge in [0.1, 0.15) is 5.82 Å². The van der Waals surface area contributed by atoms with Crippen LogP contribution < -0.4 is 4.90 Å². The van der Waals surface area contributed by atoms with Gasteiger partial charge in [0.2, 0.25) is 5.91 Å². The molecule has 0 N–H and O–H groups in total. The second kappa shape index (κ2) is 7.96. The van der Waals surface area contributed by atoms with Crippen molar-refractivity contribution >= 4 is 34.3 Å². The van der Waals surface area contributed by atoms with E-state index in [-0.39, 0.29) is 11.7 Å². The van der Waals surface area contributed by atoms with Gasteiger partial charge in [-0.15, -0.1) is 0 Å². The quantitative estimate of drug-likeness (QED) is 0.644. The average Bonchev–Trinajstić information content (AvgIpc) is 2.72. The molecule has 2 heterocycles. The van der Waals surface area contributed by atoms with Crippen LogP contribution in [0.25, 0.3) is 10.9 Å². The molecule has 4 nitrogen and oxygen atoms in total. The number of carbonyl (C=O) groups excluding carboxylic acids is 1. The number of piperazine rings is 1. The minimum absolute atomic E-state index is 0.133. The Morgan fingerprint density at radius 3 is 2.48 bits per heavy atom. The molecule has 4 rings (SSSR count). The predicted molar refractivity (Wildman–Crippen MR) is 108 cm³/mol. The Hall–Kier alpha value is -2.60. The first-order valence-corrected chi connectivity index (χ1v) is 9.94. The summed E-state index contributed by atoms with van der Waals surface area (Å²) in [7, 11) is 0. The summed E-state index contributed by atoms with van der Waals surface area (Å²) in [6.07, 6.45) is 0. The molecule has 1 aliphatic rings. The van der Waals surface area contributed by atoms with E-state index in [0.717, 1.165) is 34.7 Å². The van der Waals surface area contributed by atoms with E-state index >= 15 is 0 Å². The van der Waals surface area contributed by atoms with Gasteiger partial charge in [0, 0.05) is 37.3 Å². The molecule has 0 spiro atoms. The van der Waals surface area contributed by atoms with Crippen molar-refractivity contribution in [1.29, 1.82) is 0 Å². The Bertz CT molecular complexity index is 940. The number of amides is 1. The van der Waals surface area contributed by atoms with Crippen LogP contribution in [0, 0.1) is 5.82 Å². The minimum atomic E-state index is -0.230. The Morgan fingerprint density at radius 2 is 1.70 bits per heavy atom. The van der Waals surface area contributed by atoms with Crippen LogP contribution in [-0.2, 0) is 4.79 Å². The SMILES string of the molecule is O=C(CSc1ccc2ccccc2n1)N1CCN(c2ccc(F)cc2)CC1. The van der Waals surface area contributed by atoms with Crippen LogP contribution in [0.3, 0.4) is 0 Å². The summed E-state index contributed by atoms with van der Waals surface area (Å²) in [5.41, 5.74) is 1.95. The summed E-state index contributed by atoms with van der Waals surface area (Å²) < 4.78 is 13.1. The summed E-state index contributed by atoms with van der Waals surface area (Å²) in [6.45, 7) is 2.89. The van der Waals surface area contributed by atoms with Crippen LogP contribution in [0.4, 0.5) is 10.1 Å². The number of carbonyl (C=O) groups is 1. The lowest BCUT2D eigenvalue weighted by molar-refractivity contribution is -0.128. The van der Waals surface area contributed by atoms with Gasteiger partial charge in [-0.05, 0) is 36.4 Å². The van der Waals surface area contributed by atoms with Gasteiger partial charge in [-0.3, -0.25) is 4.79 Å². The highest BCUT2D eigenvalue weighted by molar-refractivity contribution is 7.99. The van der Waals surface area contributed by atoms with E-state index in [0.29, 0.717) is 18.8 Å². The van der Waals surface area contributed by atoms with E-state index in [9.17, 15) is 9.18 Å². The molecule has 6 heteroatoms. The first kappa shape index (κ1) is 17.8. The number of hydrogen-bond acceptors (Lipinski definition) is 4. The van der Waals surface area contributed by atoms with Crippen molar-refractivity contribution < 1.29 is 9.18 Å². The van der Waals surface area contributed by atoms with Gasteiger partial charge in [0.25, 0.3) is 0 Å². The molecule has 1 aliphatic heterocycles. The molecule has 0 bridgehead atoms. The van der Waals surface area contributed by atoms with Gasteiger partial charge >= 0.3 is 0 Å². The van der Waals surface area contributed by atoms with Crippen molar-refractivity contribution in [3.05, 3.63) is 66.5 Å². The zero-order chi connectivity index (χ0) is 18.6. The molecule has 3 aromatic rings. The van der Waals surface area contributed by atoms with Crippen molar-refractivity contribution in [2.75, 3.05) is 36.8 Å². The van der Waals surface area contributed by atoms with Gasteiger partial charge < -0.3 is 9.80 Å². The third-order valence-electron chi connectivity index (χ3n) is 4.74. The first-order valence-electron chi connectivity index (χ1n) is 8.96. The fourth-order valence-corrected chi connectivity index (χ4v) is 4.00. The smallest absolute Gasteiger partial charge is 0.233 e. The Kier molecular flexibility index (Phi) is 5.25. The third-order valence-corrected chi connectivity index (χ3v) is 5.65. The second-order valence-corrected chi connectivity index (χ2v) is 7.47. The highest BCUT2D eigenvalue weighted by Gasteiger charge is 2.21. The van der Waals surface area contributed by atoms with Crippen LogP contribution in [0.2, 0.25) is 0 Å². The van der Waals surface area contributed by atoms with Crippen molar-refractivity contribution in [2.45, 2.75) is 5.03 Å². The normalized spacial score (nSPS) is 14.6. The Labute approximate surface area is 162 Å². The van der Waals surface area contributed by atoms with E-state index in [4.69, 9.17) is 0 Å². The molecule has 27 heavy (non-hydrogen) atoms. The fraction of sp³-hybridized carbons (Fsp3) is 0.238. The number of thioether (sulfide) groups is 1.